The zero-order valence-corrected chi connectivity index (χ0v) is 35.6. The van der Waals surface area contributed by atoms with Gasteiger partial charge in [-0.3, -0.25) is 8.97 Å². The lowest BCUT2D eigenvalue weighted by Gasteiger charge is -2.39. The number of hydrogen-bond acceptors (Lipinski definition) is 0. The maximum atomic E-state index is 2.47. The van der Waals surface area contributed by atoms with Crippen LogP contribution in [0, 0.1) is 0 Å². The van der Waals surface area contributed by atoms with E-state index < -0.39 is 0 Å². The van der Waals surface area contributed by atoms with Crippen molar-refractivity contribution in [2.75, 3.05) is 47.9 Å². The van der Waals surface area contributed by atoms with Crippen molar-refractivity contribution in [1.29, 1.82) is 0 Å². The normalized spacial score (nSPS) is 11.9. The molecule has 0 spiro atoms. The van der Waals surface area contributed by atoms with Crippen LogP contribution in [0.4, 0.5) is 0 Å². The van der Waals surface area contributed by atoms with Gasteiger partial charge in [-0.25, -0.2) is 0 Å². The highest BCUT2D eigenvalue weighted by atomic mass is 79.9. The van der Waals surface area contributed by atoms with Crippen LogP contribution in [0.15, 0.2) is 0 Å². The van der Waals surface area contributed by atoms with Crippen molar-refractivity contribution in [1.82, 2.24) is 0 Å². The van der Waals surface area contributed by atoms with Crippen LogP contribution < -0.4 is 34.0 Å². The Balaban J connectivity index is -0.00000882. The van der Waals surface area contributed by atoms with Gasteiger partial charge in [0, 0.05) is 0 Å². The molecule has 0 atom stereocenters. The first-order valence-electron chi connectivity index (χ1n) is 20.5. The Bertz CT molecular complexity index is 492. The minimum absolute atomic E-state index is 0. The summed E-state index contributed by atoms with van der Waals surface area (Å²) >= 11 is 0. The second-order valence-corrected chi connectivity index (χ2v) is 16.1. The van der Waals surface area contributed by atoms with Crippen LogP contribution in [0.25, 0.3) is 0 Å². The van der Waals surface area contributed by atoms with Crippen molar-refractivity contribution < 1.29 is 42.9 Å². The van der Waals surface area contributed by atoms with E-state index in [9.17, 15) is 0 Å². The lowest BCUT2D eigenvalue weighted by molar-refractivity contribution is -1.07. The van der Waals surface area contributed by atoms with E-state index in [2.05, 4.69) is 42.0 Å². The predicted molar refractivity (Wildman–Crippen MR) is 198 cm³/mol. The number of halogens is 2. The van der Waals surface area contributed by atoms with Gasteiger partial charge in [0.05, 0.1) is 41.3 Å². The van der Waals surface area contributed by atoms with Gasteiger partial charge in [-0.1, -0.05) is 194 Å². The highest BCUT2D eigenvalue weighted by Gasteiger charge is 2.26. The van der Waals surface area contributed by atoms with Crippen LogP contribution >= 0.6 is 0 Å². The van der Waals surface area contributed by atoms with Crippen molar-refractivity contribution in [3.05, 3.63) is 0 Å². The van der Waals surface area contributed by atoms with E-state index >= 15 is 0 Å². The number of hydrogen-bond donors (Lipinski definition) is 0. The van der Waals surface area contributed by atoms with Gasteiger partial charge in [0.25, 0.3) is 0 Å². The van der Waals surface area contributed by atoms with E-state index in [0.29, 0.717) is 0 Å². The van der Waals surface area contributed by atoms with Crippen molar-refractivity contribution in [2.24, 2.45) is 0 Å². The number of nitrogens with zero attached hydrogens (tertiary/aromatic N) is 2. The van der Waals surface area contributed by atoms with Crippen molar-refractivity contribution >= 4 is 0 Å². The molecule has 0 amide bonds. The monoisotopic (exact) mass is 767 g/mol. The summed E-state index contributed by atoms with van der Waals surface area (Å²) in [5.41, 5.74) is 0. The molecule has 0 aromatic heterocycles. The topological polar surface area (TPSA) is 0 Å². The molecule has 0 bridgehead atoms. The lowest BCUT2D eigenvalue weighted by atomic mass is 10.0. The summed E-state index contributed by atoms with van der Waals surface area (Å²) < 4.78 is 2.37. The lowest BCUT2D eigenvalue weighted by Crippen LogP contribution is -3.00. The molecule has 0 fully saturated rings. The number of unbranched alkanes of at least 4 members (excludes halogenated alkanes) is 30. The van der Waals surface area contributed by atoms with E-state index in [1.54, 1.807) is 0 Å². The van der Waals surface area contributed by atoms with Crippen molar-refractivity contribution in [3.63, 3.8) is 0 Å². The van der Waals surface area contributed by atoms with Gasteiger partial charge in [0.15, 0.2) is 0 Å². The molecule has 0 aliphatic heterocycles. The van der Waals surface area contributed by atoms with Crippen molar-refractivity contribution in [3.8, 4) is 0 Å². The molecule has 0 heterocycles. The molecule has 45 heavy (non-hydrogen) atoms. The van der Waals surface area contributed by atoms with Gasteiger partial charge in [0.2, 0.25) is 6.67 Å². The van der Waals surface area contributed by atoms with Gasteiger partial charge >= 0.3 is 0 Å². The minimum atomic E-state index is 0. The molecule has 0 aliphatic carbocycles. The van der Waals surface area contributed by atoms with Crippen LogP contribution in [-0.4, -0.2) is 56.9 Å². The maximum absolute atomic E-state index is 2.47. The predicted octanol–water partition coefficient (Wildman–Crippen LogP) is 7.63. The summed E-state index contributed by atoms with van der Waals surface area (Å²) in [6, 6.07) is 0. The van der Waals surface area contributed by atoms with E-state index in [4.69, 9.17) is 0 Å². The Morgan fingerprint density at radius 2 is 0.400 bits per heavy atom. The number of quaternary nitrogens is 2. The fraction of sp³-hybridized carbons (Fsp3) is 1.00. The highest BCUT2D eigenvalue weighted by Crippen LogP contribution is 2.17. The second kappa shape index (κ2) is 37.7. The Kier molecular flexibility index (Phi) is 42.1. The standard InChI is InChI=1S/C41H88N2.2BrH/c1-7-9-11-13-15-17-19-21-23-25-27-29-31-33-35-37-39-42(3,4)41-43(5,6)40-38-36-34-32-30-28-26-24-22-20-18-16-14-12-10-8-2;;/h7-41H2,1-6H3;2*1H/q+2;;/p-2. The summed E-state index contributed by atoms with van der Waals surface area (Å²) in [5.74, 6) is 0. The Morgan fingerprint density at radius 3 is 0.578 bits per heavy atom. The fourth-order valence-corrected chi connectivity index (χ4v) is 7.35. The molecule has 0 aliphatic rings. The zero-order valence-electron chi connectivity index (χ0n) is 32.4. The van der Waals surface area contributed by atoms with Crippen LogP contribution in [0.1, 0.15) is 219 Å². The first kappa shape index (κ1) is 50.3. The van der Waals surface area contributed by atoms with Crippen LogP contribution in [-0.2, 0) is 0 Å². The smallest absolute Gasteiger partial charge is 0.206 e. The molecule has 0 saturated carbocycles. The second-order valence-electron chi connectivity index (χ2n) is 16.1. The third kappa shape index (κ3) is 41.0. The molecule has 2 nitrogen and oxygen atoms in total. The quantitative estimate of drug-likeness (QED) is 0.0350. The summed E-state index contributed by atoms with van der Waals surface area (Å²) in [5, 5.41) is 0. The third-order valence-corrected chi connectivity index (χ3v) is 10.00. The highest BCUT2D eigenvalue weighted by molar-refractivity contribution is 4.52. The molecule has 276 valence electrons. The van der Waals surface area contributed by atoms with Crippen LogP contribution in [0.5, 0.6) is 0 Å². The summed E-state index contributed by atoms with van der Waals surface area (Å²) in [7, 11) is 9.88. The van der Waals surface area contributed by atoms with E-state index in [1.807, 2.05) is 0 Å². The fourth-order valence-electron chi connectivity index (χ4n) is 7.35. The maximum Gasteiger partial charge on any atom is 0.206 e. The van der Waals surface area contributed by atoms with E-state index in [1.165, 1.54) is 234 Å². The Hall–Kier alpha value is 0.880. The number of rotatable bonds is 36. The Labute approximate surface area is 308 Å². The molecule has 0 N–H and O–H groups in total. The average molecular weight is 769 g/mol. The molecule has 0 rings (SSSR count). The molecule has 4 heteroatoms. The van der Waals surface area contributed by atoms with Gasteiger partial charge in [0.1, 0.15) is 0 Å². The summed E-state index contributed by atoms with van der Waals surface area (Å²) in [4.78, 5) is 0. The molecule has 0 saturated heterocycles. The largest absolute Gasteiger partial charge is 1.00 e. The summed E-state index contributed by atoms with van der Waals surface area (Å²) in [6.45, 7) is 8.59. The van der Waals surface area contributed by atoms with E-state index in [-0.39, 0.29) is 34.0 Å². The van der Waals surface area contributed by atoms with Gasteiger partial charge in [-0.05, 0) is 25.7 Å². The molecule has 0 aromatic rings. The SMILES string of the molecule is CCCCCCCCCCCCCCCCCC[N+](C)(C)C[N+](C)(C)CCCCCCCCCCCCCCCCCC.[Br-].[Br-]. The summed E-state index contributed by atoms with van der Waals surface area (Å²) in [6.07, 6.45) is 46.7. The van der Waals surface area contributed by atoms with Crippen LogP contribution in [0.3, 0.4) is 0 Å². The molecular formula is C41H88Br2N2. The van der Waals surface area contributed by atoms with Gasteiger partial charge in [-0.15, -0.1) is 0 Å². The molecule has 0 radical (unpaired) electrons. The molecular weight excluding hydrogens is 680 g/mol. The molecule has 0 aromatic carbocycles. The first-order chi connectivity index (χ1) is 20.8. The van der Waals surface area contributed by atoms with Gasteiger partial charge < -0.3 is 34.0 Å². The first-order valence-corrected chi connectivity index (χ1v) is 20.5. The zero-order chi connectivity index (χ0) is 31.7. The van der Waals surface area contributed by atoms with Gasteiger partial charge in [-0.2, -0.15) is 0 Å². The average Bonchev–Trinajstić information content (AvgIpc) is 2.96. The van der Waals surface area contributed by atoms with Crippen LogP contribution in [0.2, 0.25) is 0 Å². The Morgan fingerprint density at radius 1 is 0.244 bits per heavy atom. The third-order valence-electron chi connectivity index (χ3n) is 10.00. The molecule has 0 unspecified atom stereocenters. The van der Waals surface area contributed by atoms with E-state index in [0.717, 1.165) is 0 Å². The van der Waals surface area contributed by atoms with Crippen molar-refractivity contribution in [2.45, 2.75) is 219 Å². The minimum Gasteiger partial charge on any atom is -1.00 e.